The van der Waals surface area contributed by atoms with E-state index in [9.17, 15) is 18.4 Å². The van der Waals surface area contributed by atoms with Crippen LogP contribution in [0, 0.1) is 0 Å². The summed E-state index contributed by atoms with van der Waals surface area (Å²) in [5, 5.41) is 0.393. The van der Waals surface area contributed by atoms with E-state index in [0.29, 0.717) is 21.9 Å². The molecule has 39 heavy (non-hydrogen) atoms. The molecule has 0 N–H and O–H groups in total. The summed E-state index contributed by atoms with van der Waals surface area (Å²) < 4.78 is 44.2. The number of methoxy groups -OCH3 is 1. The molecular weight excluding hydrogens is 528 g/mol. The maximum atomic E-state index is 14.0. The summed E-state index contributed by atoms with van der Waals surface area (Å²) >= 11 is 6.52. The van der Waals surface area contributed by atoms with Crippen LogP contribution in [0.2, 0.25) is 5.02 Å². The molecule has 0 saturated heterocycles. The number of amides is 1. The average molecular weight is 556 g/mol. The number of ether oxygens (including phenoxy) is 3. The van der Waals surface area contributed by atoms with Crippen molar-refractivity contribution in [1.82, 2.24) is 4.90 Å². The maximum absolute atomic E-state index is 14.0. The molecule has 6 nitrogen and oxygen atoms in total. The first kappa shape index (κ1) is 27.1. The van der Waals surface area contributed by atoms with Crippen LogP contribution in [0.1, 0.15) is 41.2 Å². The number of hydrogen-bond donors (Lipinski definition) is 0. The van der Waals surface area contributed by atoms with Gasteiger partial charge in [-0.15, -0.1) is 0 Å². The van der Waals surface area contributed by atoms with Crippen LogP contribution in [-0.2, 0) is 38.6 Å². The number of alkyl halides is 2. The number of carbonyl (C=O) groups is 2. The standard InChI is InChI=1S/C30H28ClF2NO5/c1-37-29(36)25-14-23-21(12-13-24(31)27(23)38-18-19-8-4-2-5-9-19)17-34(25)28(35)26(20-10-6-3-7-11-20)39-22-15-30(32,33)16-22/h2-13,22,25-26H,14-18H2,1H3/t25-,26?/m0/s1. The van der Waals surface area contributed by atoms with Gasteiger partial charge in [0.1, 0.15) is 18.4 Å². The summed E-state index contributed by atoms with van der Waals surface area (Å²) in [6.45, 7) is 0.346. The van der Waals surface area contributed by atoms with Gasteiger partial charge in [-0.3, -0.25) is 4.79 Å². The van der Waals surface area contributed by atoms with Gasteiger partial charge in [0.05, 0.1) is 18.2 Å². The van der Waals surface area contributed by atoms with Crippen LogP contribution >= 0.6 is 11.6 Å². The average Bonchev–Trinajstić information content (AvgIpc) is 2.94. The van der Waals surface area contributed by atoms with Crippen molar-refractivity contribution in [1.29, 1.82) is 0 Å². The Morgan fingerprint density at radius 3 is 2.33 bits per heavy atom. The van der Waals surface area contributed by atoms with Crippen molar-refractivity contribution in [2.75, 3.05) is 7.11 Å². The van der Waals surface area contributed by atoms with Crippen LogP contribution in [0.15, 0.2) is 72.8 Å². The van der Waals surface area contributed by atoms with Gasteiger partial charge in [0.2, 0.25) is 0 Å². The van der Waals surface area contributed by atoms with Crippen molar-refractivity contribution in [3.63, 3.8) is 0 Å². The number of rotatable bonds is 8. The molecule has 1 heterocycles. The highest BCUT2D eigenvalue weighted by molar-refractivity contribution is 6.32. The summed E-state index contributed by atoms with van der Waals surface area (Å²) in [6, 6.07) is 20.8. The predicted octanol–water partition coefficient (Wildman–Crippen LogP) is 5.90. The zero-order valence-corrected chi connectivity index (χ0v) is 22.1. The first-order valence-corrected chi connectivity index (χ1v) is 13.1. The smallest absolute Gasteiger partial charge is 0.328 e. The molecule has 1 aliphatic carbocycles. The van der Waals surface area contributed by atoms with Gasteiger partial charge in [0, 0.05) is 31.4 Å². The fraction of sp³-hybridized carbons (Fsp3) is 0.333. The molecule has 1 saturated carbocycles. The Hall–Kier alpha value is -3.49. The Kier molecular flexibility index (Phi) is 7.86. The van der Waals surface area contributed by atoms with E-state index in [1.165, 1.54) is 12.0 Å². The number of benzene rings is 3. The predicted molar refractivity (Wildman–Crippen MR) is 141 cm³/mol. The molecule has 0 radical (unpaired) electrons. The van der Waals surface area contributed by atoms with Gasteiger partial charge in [-0.25, -0.2) is 13.6 Å². The van der Waals surface area contributed by atoms with Crippen molar-refractivity contribution in [2.45, 2.75) is 56.6 Å². The van der Waals surface area contributed by atoms with E-state index in [-0.39, 0.29) is 19.6 Å². The van der Waals surface area contributed by atoms with Crippen LogP contribution in [0.4, 0.5) is 8.78 Å². The lowest BCUT2D eigenvalue weighted by molar-refractivity contribution is -0.194. The summed E-state index contributed by atoms with van der Waals surface area (Å²) in [7, 11) is 1.26. The van der Waals surface area contributed by atoms with Crippen molar-refractivity contribution < 1.29 is 32.6 Å². The molecule has 0 bridgehead atoms. The number of fused-ring (bicyclic) bond motifs is 1. The molecule has 2 aliphatic rings. The maximum Gasteiger partial charge on any atom is 0.328 e. The van der Waals surface area contributed by atoms with Crippen molar-refractivity contribution in [3.05, 3.63) is 100 Å². The van der Waals surface area contributed by atoms with Gasteiger partial charge in [-0.05, 0) is 22.8 Å². The van der Waals surface area contributed by atoms with Crippen molar-refractivity contribution >= 4 is 23.5 Å². The minimum atomic E-state index is -2.80. The second kappa shape index (κ2) is 11.3. The highest BCUT2D eigenvalue weighted by atomic mass is 35.5. The van der Waals surface area contributed by atoms with Crippen LogP contribution in [0.25, 0.3) is 0 Å². The second-order valence-electron chi connectivity index (χ2n) is 9.81. The Labute approximate surface area is 230 Å². The molecule has 9 heteroatoms. The van der Waals surface area contributed by atoms with Gasteiger partial charge >= 0.3 is 5.97 Å². The molecular formula is C30H28ClF2NO5. The normalized spacial score (nSPS) is 19.0. The Morgan fingerprint density at radius 1 is 1.03 bits per heavy atom. The molecule has 1 amide bonds. The van der Waals surface area contributed by atoms with Gasteiger partial charge in [-0.1, -0.05) is 78.3 Å². The van der Waals surface area contributed by atoms with Crippen molar-refractivity contribution in [2.24, 2.45) is 0 Å². The Bertz CT molecular complexity index is 1330. The second-order valence-corrected chi connectivity index (χ2v) is 10.2. The van der Waals surface area contributed by atoms with Gasteiger partial charge in [-0.2, -0.15) is 0 Å². The molecule has 3 aromatic carbocycles. The van der Waals surface area contributed by atoms with Gasteiger partial charge < -0.3 is 19.1 Å². The molecule has 204 valence electrons. The van der Waals surface area contributed by atoms with Gasteiger partial charge in [0.25, 0.3) is 11.8 Å². The summed E-state index contributed by atoms with van der Waals surface area (Å²) in [5.41, 5.74) is 2.95. The molecule has 1 unspecified atom stereocenters. The highest BCUT2D eigenvalue weighted by Crippen LogP contribution is 2.43. The van der Waals surface area contributed by atoms with E-state index in [4.69, 9.17) is 25.8 Å². The first-order valence-electron chi connectivity index (χ1n) is 12.7. The zero-order chi connectivity index (χ0) is 27.6. The fourth-order valence-corrected chi connectivity index (χ4v) is 5.26. The van der Waals surface area contributed by atoms with Gasteiger partial charge in [0.15, 0.2) is 6.10 Å². The molecule has 3 aromatic rings. The Morgan fingerprint density at radius 2 is 1.69 bits per heavy atom. The third kappa shape index (κ3) is 5.92. The first-order chi connectivity index (χ1) is 18.8. The quantitative estimate of drug-likeness (QED) is 0.324. The molecule has 2 atom stereocenters. The lowest BCUT2D eigenvalue weighted by atomic mass is 9.90. The van der Waals surface area contributed by atoms with Crippen LogP contribution < -0.4 is 4.74 Å². The monoisotopic (exact) mass is 555 g/mol. The zero-order valence-electron chi connectivity index (χ0n) is 21.3. The Balaban J connectivity index is 1.45. The van der Waals surface area contributed by atoms with E-state index in [1.807, 2.05) is 30.3 Å². The number of nitrogens with zero attached hydrogens (tertiary/aromatic N) is 1. The molecule has 0 aromatic heterocycles. The third-order valence-electron chi connectivity index (χ3n) is 7.11. The van der Waals surface area contributed by atoms with Crippen LogP contribution in [-0.4, -0.2) is 42.0 Å². The van der Waals surface area contributed by atoms with Crippen LogP contribution in [0.3, 0.4) is 0 Å². The van der Waals surface area contributed by atoms with E-state index >= 15 is 0 Å². The number of hydrogen-bond acceptors (Lipinski definition) is 5. The molecule has 5 rings (SSSR count). The summed E-state index contributed by atoms with van der Waals surface area (Å²) in [4.78, 5) is 28.4. The number of carbonyl (C=O) groups excluding carboxylic acids is 2. The fourth-order valence-electron chi connectivity index (χ4n) is 5.03. The lowest BCUT2D eigenvalue weighted by Gasteiger charge is -2.40. The van der Waals surface area contributed by atoms with Crippen LogP contribution in [0.5, 0.6) is 5.75 Å². The van der Waals surface area contributed by atoms with E-state index in [0.717, 1.165) is 11.1 Å². The highest BCUT2D eigenvalue weighted by Gasteiger charge is 2.49. The SMILES string of the molecule is COC(=O)[C@@H]1Cc2c(ccc(Cl)c2OCc2ccccc2)CN1C(=O)C(OC1CC(F)(F)C1)c1ccccc1. The number of esters is 1. The molecule has 0 spiro atoms. The molecule has 1 aliphatic heterocycles. The minimum absolute atomic E-state index is 0.0698. The lowest BCUT2D eigenvalue weighted by Crippen LogP contribution is -2.52. The van der Waals surface area contributed by atoms with E-state index < -0.39 is 48.9 Å². The summed E-state index contributed by atoms with van der Waals surface area (Å²) in [5.74, 6) is -3.46. The largest absolute Gasteiger partial charge is 0.487 e. The topological polar surface area (TPSA) is 65.1 Å². The molecule has 1 fully saturated rings. The van der Waals surface area contributed by atoms with E-state index in [1.54, 1.807) is 42.5 Å². The minimum Gasteiger partial charge on any atom is -0.487 e. The van der Waals surface area contributed by atoms with Crippen molar-refractivity contribution in [3.8, 4) is 5.75 Å². The third-order valence-corrected chi connectivity index (χ3v) is 7.41. The van der Waals surface area contributed by atoms with E-state index in [2.05, 4.69) is 0 Å². The summed E-state index contributed by atoms with van der Waals surface area (Å²) in [6.07, 6.45) is -2.70. The number of halogens is 3.